The molecule has 1 aromatic rings. The molecule has 2 rings (SSSR count). The van der Waals surface area contributed by atoms with Crippen LogP contribution >= 0.6 is 0 Å². The zero-order valence-corrected chi connectivity index (χ0v) is 11.4. The molecule has 0 radical (unpaired) electrons. The van der Waals surface area contributed by atoms with Gasteiger partial charge in [-0.2, -0.15) is 8.78 Å². The van der Waals surface area contributed by atoms with Gasteiger partial charge in [-0.15, -0.1) is 0 Å². The maximum atomic E-state index is 12.2. The second kappa shape index (κ2) is 6.22. The van der Waals surface area contributed by atoms with Gasteiger partial charge >= 0.3 is 6.61 Å². The van der Waals surface area contributed by atoms with Gasteiger partial charge in [0.15, 0.2) is 0 Å². The fraction of sp³-hybridized carbons (Fsp3) is 0.600. The summed E-state index contributed by atoms with van der Waals surface area (Å²) >= 11 is 0. The van der Waals surface area contributed by atoms with E-state index in [2.05, 4.69) is 23.9 Å². The van der Waals surface area contributed by atoms with Gasteiger partial charge in [0.25, 0.3) is 0 Å². The molecule has 0 aliphatic heterocycles. The zero-order valence-electron chi connectivity index (χ0n) is 11.4. The Morgan fingerprint density at radius 3 is 2.79 bits per heavy atom. The lowest BCUT2D eigenvalue weighted by Crippen LogP contribution is -2.33. The van der Waals surface area contributed by atoms with Gasteiger partial charge in [0.2, 0.25) is 0 Å². The third-order valence-electron chi connectivity index (χ3n) is 3.87. The van der Waals surface area contributed by atoms with Crippen LogP contribution in [-0.4, -0.2) is 12.7 Å². The van der Waals surface area contributed by atoms with Gasteiger partial charge in [-0.1, -0.05) is 26.3 Å². The standard InChI is InChI=1S/C15H21F2NO/c1-10-6-7-11(2)14(8-10)18-12-4-3-5-13(9-12)19-15(16)17/h3-5,9-11,14-15,18H,6-8H2,1-2H3. The Hall–Kier alpha value is -1.32. The molecule has 1 fully saturated rings. The van der Waals surface area contributed by atoms with Crippen LogP contribution in [0.15, 0.2) is 24.3 Å². The molecule has 0 saturated heterocycles. The topological polar surface area (TPSA) is 21.3 Å². The van der Waals surface area contributed by atoms with Crippen LogP contribution in [0.2, 0.25) is 0 Å². The van der Waals surface area contributed by atoms with Crippen LogP contribution in [0.25, 0.3) is 0 Å². The van der Waals surface area contributed by atoms with Crippen LogP contribution in [-0.2, 0) is 0 Å². The van der Waals surface area contributed by atoms with Crippen molar-refractivity contribution in [1.82, 2.24) is 0 Å². The molecule has 0 aromatic heterocycles. The number of halogens is 2. The monoisotopic (exact) mass is 269 g/mol. The quantitative estimate of drug-likeness (QED) is 0.867. The van der Waals surface area contributed by atoms with Gasteiger partial charge in [0, 0.05) is 17.8 Å². The molecule has 0 amide bonds. The van der Waals surface area contributed by atoms with Crippen LogP contribution in [0.1, 0.15) is 33.1 Å². The van der Waals surface area contributed by atoms with Gasteiger partial charge in [-0.05, 0) is 36.8 Å². The number of rotatable bonds is 4. The molecule has 0 heterocycles. The van der Waals surface area contributed by atoms with E-state index in [-0.39, 0.29) is 5.75 Å². The molecule has 1 N–H and O–H groups in total. The average Bonchev–Trinajstić information content (AvgIpc) is 2.33. The van der Waals surface area contributed by atoms with E-state index >= 15 is 0 Å². The van der Waals surface area contributed by atoms with Crippen LogP contribution < -0.4 is 10.1 Å². The van der Waals surface area contributed by atoms with Gasteiger partial charge in [-0.25, -0.2) is 0 Å². The Labute approximate surface area is 113 Å². The SMILES string of the molecule is CC1CCC(C)C(Nc2cccc(OC(F)F)c2)C1. The lowest BCUT2D eigenvalue weighted by molar-refractivity contribution is -0.0498. The van der Waals surface area contributed by atoms with E-state index in [1.807, 2.05) is 6.07 Å². The molecule has 0 spiro atoms. The van der Waals surface area contributed by atoms with E-state index in [0.717, 1.165) is 12.1 Å². The van der Waals surface area contributed by atoms with Crippen molar-refractivity contribution in [2.24, 2.45) is 11.8 Å². The van der Waals surface area contributed by atoms with Crippen molar-refractivity contribution >= 4 is 5.69 Å². The predicted molar refractivity (Wildman–Crippen MR) is 72.7 cm³/mol. The van der Waals surface area contributed by atoms with Crippen molar-refractivity contribution in [3.05, 3.63) is 24.3 Å². The first-order valence-electron chi connectivity index (χ1n) is 6.86. The Balaban J connectivity index is 2.01. The first-order valence-corrected chi connectivity index (χ1v) is 6.86. The van der Waals surface area contributed by atoms with Gasteiger partial charge in [0.1, 0.15) is 5.75 Å². The Morgan fingerprint density at radius 1 is 1.26 bits per heavy atom. The summed E-state index contributed by atoms with van der Waals surface area (Å²) in [4.78, 5) is 0. The van der Waals surface area contributed by atoms with Crippen molar-refractivity contribution in [2.75, 3.05) is 5.32 Å². The summed E-state index contributed by atoms with van der Waals surface area (Å²) in [5, 5.41) is 3.45. The molecule has 3 atom stereocenters. The molecular formula is C15H21F2NO. The molecule has 3 unspecified atom stereocenters. The Bertz CT molecular complexity index is 411. The Morgan fingerprint density at radius 2 is 2.05 bits per heavy atom. The highest BCUT2D eigenvalue weighted by molar-refractivity contribution is 5.49. The highest BCUT2D eigenvalue weighted by atomic mass is 19.3. The lowest BCUT2D eigenvalue weighted by Gasteiger charge is -2.34. The number of alkyl halides is 2. The van der Waals surface area contributed by atoms with E-state index in [0.29, 0.717) is 17.9 Å². The smallest absolute Gasteiger partial charge is 0.387 e. The molecule has 1 saturated carbocycles. The van der Waals surface area contributed by atoms with E-state index in [1.54, 1.807) is 18.2 Å². The number of nitrogens with one attached hydrogen (secondary N) is 1. The summed E-state index contributed by atoms with van der Waals surface area (Å²) in [6, 6.07) is 7.22. The van der Waals surface area contributed by atoms with Gasteiger partial charge in [-0.3, -0.25) is 0 Å². The maximum absolute atomic E-state index is 12.2. The van der Waals surface area contributed by atoms with Crippen LogP contribution in [0, 0.1) is 11.8 Å². The van der Waals surface area contributed by atoms with E-state index in [4.69, 9.17) is 0 Å². The minimum absolute atomic E-state index is 0.205. The molecule has 2 nitrogen and oxygen atoms in total. The minimum atomic E-state index is -2.77. The number of ether oxygens (including phenoxy) is 1. The maximum Gasteiger partial charge on any atom is 0.387 e. The summed E-state index contributed by atoms with van der Waals surface area (Å²) in [5.41, 5.74) is 0.851. The summed E-state index contributed by atoms with van der Waals surface area (Å²) in [6.45, 7) is 1.73. The van der Waals surface area contributed by atoms with Crippen molar-refractivity contribution in [3.8, 4) is 5.75 Å². The molecule has 0 bridgehead atoms. The molecule has 1 aromatic carbocycles. The zero-order chi connectivity index (χ0) is 13.8. The summed E-state index contributed by atoms with van der Waals surface area (Å²) in [5.74, 6) is 1.53. The van der Waals surface area contributed by atoms with Crippen molar-refractivity contribution in [3.63, 3.8) is 0 Å². The van der Waals surface area contributed by atoms with Crippen molar-refractivity contribution < 1.29 is 13.5 Å². The van der Waals surface area contributed by atoms with E-state index in [9.17, 15) is 8.78 Å². The van der Waals surface area contributed by atoms with Gasteiger partial charge in [0.05, 0.1) is 0 Å². The predicted octanol–water partition coefficient (Wildman–Crippen LogP) is 4.52. The number of hydrogen-bond acceptors (Lipinski definition) is 2. The number of hydrogen-bond donors (Lipinski definition) is 1. The Kier molecular flexibility index (Phi) is 4.61. The second-order valence-electron chi connectivity index (χ2n) is 5.55. The van der Waals surface area contributed by atoms with E-state index in [1.165, 1.54) is 12.8 Å². The summed E-state index contributed by atoms with van der Waals surface area (Å²) in [6.07, 6.45) is 3.61. The third-order valence-corrected chi connectivity index (χ3v) is 3.87. The number of benzene rings is 1. The first-order chi connectivity index (χ1) is 9.04. The molecule has 4 heteroatoms. The molecule has 1 aliphatic rings. The van der Waals surface area contributed by atoms with Crippen molar-refractivity contribution in [2.45, 2.75) is 45.8 Å². The van der Waals surface area contributed by atoms with Crippen LogP contribution in [0.5, 0.6) is 5.75 Å². The molecular weight excluding hydrogens is 248 g/mol. The molecule has 106 valence electrons. The average molecular weight is 269 g/mol. The molecule has 1 aliphatic carbocycles. The second-order valence-corrected chi connectivity index (χ2v) is 5.55. The fourth-order valence-corrected chi connectivity index (χ4v) is 2.71. The van der Waals surface area contributed by atoms with Crippen LogP contribution in [0.3, 0.4) is 0 Å². The van der Waals surface area contributed by atoms with Crippen LogP contribution in [0.4, 0.5) is 14.5 Å². The third kappa shape index (κ3) is 4.08. The van der Waals surface area contributed by atoms with Gasteiger partial charge < -0.3 is 10.1 Å². The highest BCUT2D eigenvalue weighted by Crippen LogP contribution is 2.31. The summed E-state index contributed by atoms with van der Waals surface area (Å²) in [7, 11) is 0. The largest absolute Gasteiger partial charge is 0.435 e. The normalized spacial score (nSPS) is 27.3. The van der Waals surface area contributed by atoms with Crippen molar-refractivity contribution in [1.29, 1.82) is 0 Å². The summed E-state index contributed by atoms with van der Waals surface area (Å²) < 4.78 is 28.8. The number of anilines is 1. The molecule has 19 heavy (non-hydrogen) atoms. The first kappa shape index (κ1) is 14.1. The highest BCUT2D eigenvalue weighted by Gasteiger charge is 2.25. The minimum Gasteiger partial charge on any atom is -0.435 e. The lowest BCUT2D eigenvalue weighted by atomic mass is 9.80. The van der Waals surface area contributed by atoms with E-state index < -0.39 is 6.61 Å². The fourth-order valence-electron chi connectivity index (χ4n) is 2.71.